The zero-order chi connectivity index (χ0) is 14.6. The predicted molar refractivity (Wildman–Crippen MR) is 90.1 cm³/mol. The van der Waals surface area contributed by atoms with Crippen LogP contribution in [0.1, 0.15) is 57.6 Å². The Labute approximate surface area is 132 Å². The highest BCUT2D eigenvalue weighted by Gasteiger charge is 2.11. The van der Waals surface area contributed by atoms with Gasteiger partial charge < -0.3 is 10.1 Å². The molecule has 0 saturated carbocycles. The number of nitrogens with one attached hydrogen (secondary N) is 1. The molecule has 0 amide bonds. The number of likely N-dealkylation sites (N-methyl/N-ethyl adjacent to an activating group) is 1. The summed E-state index contributed by atoms with van der Waals surface area (Å²) in [6.45, 7) is 7.08. The Hall–Kier alpha value is -0.380. The van der Waals surface area contributed by atoms with Gasteiger partial charge in [-0.3, -0.25) is 0 Å². The average molecular weight is 342 g/mol. The summed E-state index contributed by atoms with van der Waals surface area (Å²) in [7, 11) is 0. The molecule has 20 heavy (non-hydrogen) atoms. The second-order valence-corrected chi connectivity index (χ2v) is 6.05. The number of ether oxygens (including phenoxy) is 1. The molecule has 0 bridgehead atoms. The first-order valence-corrected chi connectivity index (χ1v) is 8.65. The van der Waals surface area contributed by atoms with Crippen molar-refractivity contribution in [1.29, 1.82) is 0 Å². The molecule has 1 aromatic rings. The van der Waals surface area contributed by atoms with E-state index in [9.17, 15) is 0 Å². The van der Waals surface area contributed by atoms with Crippen molar-refractivity contribution in [2.45, 2.75) is 52.1 Å². The van der Waals surface area contributed by atoms with Crippen LogP contribution in [0, 0.1) is 0 Å². The lowest BCUT2D eigenvalue weighted by Gasteiger charge is -2.19. The summed E-state index contributed by atoms with van der Waals surface area (Å²) in [5.74, 6) is 0. The van der Waals surface area contributed by atoms with Crippen molar-refractivity contribution < 1.29 is 4.74 Å². The van der Waals surface area contributed by atoms with Gasteiger partial charge >= 0.3 is 0 Å². The third kappa shape index (κ3) is 7.41. The Bertz CT molecular complexity index is 357. The zero-order valence-corrected chi connectivity index (χ0v) is 14.4. The second kappa shape index (κ2) is 11.3. The van der Waals surface area contributed by atoms with Crippen molar-refractivity contribution >= 4 is 15.9 Å². The van der Waals surface area contributed by atoms with Crippen LogP contribution in [-0.4, -0.2) is 19.7 Å². The van der Waals surface area contributed by atoms with E-state index < -0.39 is 0 Å². The Morgan fingerprint density at radius 3 is 2.65 bits per heavy atom. The Morgan fingerprint density at radius 2 is 1.95 bits per heavy atom. The molecule has 1 N–H and O–H groups in total. The summed E-state index contributed by atoms with van der Waals surface area (Å²) in [5, 5.41) is 3.39. The fraction of sp³-hybridized carbons (Fsp3) is 0.647. The molecule has 1 rings (SSSR count). The van der Waals surface area contributed by atoms with Crippen LogP contribution in [0.3, 0.4) is 0 Å². The molecule has 0 heterocycles. The number of rotatable bonds is 11. The molecule has 2 nitrogen and oxygen atoms in total. The van der Waals surface area contributed by atoms with E-state index in [4.69, 9.17) is 4.74 Å². The normalized spacial score (nSPS) is 12.6. The van der Waals surface area contributed by atoms with Gasteiger partial charge in [-0.15, -0.1) is 0 Å². The summed E-state index contributed by atoms with van der Waals surface area (Å²) in [6, 6.07) is 8.42. The van der Waals surface area contributed by atoms with Gasteiger partial charge in [0.2, 0.25) is 0 Å². The highest BCUT2D eigenvalue weighted by atomic mass is 79.9. The standard InChI is InChI=1S/C17H28BrNO/c1-3-5-6-7-8-12-20-17(14-19-4-2)15-10-9-11-16(18)13-15/h9-11,13,17,19H,3-8,12,14H2,1-2H3. The molecule has 0 fully saturated rings. The number of benzene rings is 1. The maximum atomic E-state index is 6.08. The van der Waals surface area contributed by atoms with Crippen LogP contribution in [0.4, 0.5) is 0 Å². The third-order valence-electron chi connectivity index (χ3n) is 3.37. The first-order chi connectivity index (χ1) is 9.77. The fourth-order valence-electron chi connectivity index (χ4n) is 2.19. The molecule has 114 valence electrons. The van der Waals surface area contributed by atoms with Gasteiger partial charge in [-0.05, 0) is 30.7 Å². The molecule has 0 aliphatic heterocycles. The molecule has 3 heteroatoms. The number of hydrogen-bond donors (Lipinski definition) is 1. The Morgan fingerprint density at radius 1 is 1.15 bits per heavy atom. The lowest BCUT2D eigenvalue weighted by molar-refractivity contribution is 0.0501. The predicted octanol–water partition coefficient (Wildman–Crippen LogP) is 5.09. The van der Waals surface area contributed by atoms with Crippen molar-refractivity contribution in [1.82, 2.24) is 5.32 Å². The monoisotopic (exact) mass is 341 g/mol. The summed E-state index contributed by atoms with van der Waals surface area (Å²) in [6.07, 6.45) is 6.55. The Kier molecular flexibility index (Phi) is 9.98. The smallest absolute Gasteiger partial charge is 0.0949 e. The minimum absolute atomic E-state index is 0.152. The van der Waals surface area contributed by atoms with Crippen molar-refractivity contribution in [3.05, 3.63) is 34.3 Å². The maximum Gasteiger partial charge on any atom is 0.0949 e. The van der Waals surface area contributed by atoms with Crippen molar-refractivity contribution in [2.75, 3.05) is 19.7 Å². The van der Waals surface area contributed by atoms with Gasteiger partial charge in [-0.2, -0.15) is 0 Å². The molecule has 0 aliphatic carbocycles. The quantitative estimate of drug-likeness (QED) is 0.566. The van der Waals surface area contributed by atoms with Crippen LogP contribution in [-0.2, 0) is 4.74 Å². The number of hydrogen-bond acceptors (Lipinski definition) is 2. The number of unbranched alkanes of at least 4 members (excludes halogenated alkanes) is 4. The first kappa shape index (κ1) is 17.7. The van der Waals surface area contributed by atoms with Crippen LogP contribution in [0.15, 0.2) is 28.7 Å². The number of halogens is 1. The second-order valence-electron chi connectivity index (χ2n) is 5.14. The van der Waals surface area contributed by atoms with Gasteiger partial charge in [-0.1, -0.05) is 67.6 Å². The van der Waals surface area contributed by atoms with E-state index in [0.717, 1.165) is 30.6 Å². The summed E-state index contributed by atoms with van der Waals surface area (Å²) < 4.78 is 7.20. The topological polar surface area (TPSA) is 21.3 Å². The first-order valence-electron chi connectivity index (χ1n) is 7.85. The van der Waals surface area contributed by atoms with Gasteiger partial charge in [0.25, 0.3) is 0 Å². The summed E-state index contributed by atoms with van der Waals surface area (Å²) in [5.41, 5.74) is 1.24. The van der Waals surface area contributed by atoms with Gasteiger partial charge in [0.15, 0.2) is 0 Å². The minimum Gasteiger partial charge on any atom is -0.372 e. The molecule has 0 aromatic heterocycles. The molecule has 1 aromatic carbocycles. The molecular formula is C17H28BrNO. The molecule has 0 saturated heterocycles. The van der Waals surface area contributed by atoms with E-state index in [1.165, 1.54) is 31.2 Å². The Balaban J connectivity index is 2.40. The SMILES string of the molecule is CCCCCCCOC(CNCC)c1cccc(Br)c1. The molecule has 0 aliphatic rings. The molecule has 0 radical (unpaired) electrons. The third-order valence-corrected chi connectivity index (χ3v) is 3.86. The fourth-order valence-corrected chi connectivity index (χ4v) is 2.60. The van der Waals surface area contributed by atoms with Gasteiger partial charge in [-0.25, -0.2) is 0 Å². The van der Waals surface area contributed by atoms with E-state index in [1.54, 1.807) is 0 Å². The van der Waals surface area contributed by atoms with Crippen LogP contribution >= 0.6 is 15.9 Å². The lowest BCUT2D eigenvalue weighted by atomic mass is 10.1. The highest BCUT2D eigenvalue weighted by Crippen LogP contribution is 2.21. The summed E-state index contributed by atoms with van der Waals surface area (Å²) >= 11 is 3.53. The largest absolute Gasteiger partial charge is 0.372 e. The molecular weight excluding hydrogens is 314 g/mol. The van der Waals surface area contributed by atoms with Crippen LogP contribution in [0.5, 0.6) is 0 Å². The van der Waals surface area contributed by atoms with E-state index in [1.807, 2.05) is 0 Å². The van der Waals surface area contributed by atoms with Crippen LogP contribution in [0.25, 0.3) is 0 Å². The van der Waals surface area contributed by atoms with Crippen LogP contribution < -0.4 is 5.32 Å². The van der Waals surface area contributed by atoms with E-state index in [-0.39, 0.29) is 6.10 Å². The molecule has 1 atom stereocenters. The van der Waals surface area contributed by atoms with Gasteiger partial charge in [0.1, 0.15) is 0 Å². The lowest BCUT2D eigenvalue weighted by Crippen LogP contribution is -2.23. The zero-order valence-electron chi connectivity index (χ0n) is 12.8. The van der Waals surface area contributed by atoms with Crippen LogP contribution in [0.2, 0.25) is 0 Å². The highest BCUT2D eigenvalue weighted by molar-refractivity contribution is 9.10. The van der Waals surface area contributed by atoms with E-state index in [2.05, 4.69) is 59.4 Å². The van der Waals surface area contributed by atoms with Gasteiger partial charge in [0, 0.05) is 17.6 Å². The summed E-state index contributed by atoms with van der Waals surface area (Å²) in [4.78, 5) is 0. The van der Waals surface area contributed by atoms with Crippen molar-refractivity contribution in [2.24, 2.45) is 0 Å². The molecule has 0 spiro atoms. The average Bonchev–Trinajstić information content (AvgIpc) is 2.45. The molecule has 1 unspecified atom stereocenters. The van der Waals surface area contributed by atoms with Gasteiger partial charge in [0.05, 0.1) is 6.10 Å². The van der Waals surface area contributed by atoms with Crippen molar-refractivity contribution in [3.8, 4) is 0 Å². The van der Waals surface area contributed by atoms with E-state index in [0.29, 0.717) is 0 Å². The minimum atomic E-state index is 0.152. The van der Waals surface area contributed by atoms with E-state index >= 15 is 0 Å². The van der Waals surface area contributed by atoms with Crippen molar-refractivity contribution in [3.63, 3.8) is 0 Å². The maximum absolute atomic E-state index is 6.08.